The maximum absolute atomic E-state index is 12.9. The Labute approximate surface area is 135 Å². The number of nitrogens with zero attached hydrogens (tertiary/aromatic N) is 1. The fourth-order valence-electron chi connectivity index (χ4n) is 3.42. The number of benzene rings is 2. The number of nitrogen functional groups attached to an aromatic ring is 1. The van der Waals surface area contributed by atoms with E-state index in [0.717, 1.165) is 0 Å². The fraction of sp³-hybridized carbons (Fsp3) is 0.0556. The van der Waals surface area contributed by atoms with Gasteiger partial charge in [0.25, 0.3) is 0 Å². The Morgan fingerprint density at radius 2 is 1.50 bits per heavy atom. The molecule has 0 bridgehead atoms. The third-order valence-corrected chi connectivity index (χ3v) is 4.57. The molecule has 6 nitrogen and oxygen atoms in total. The van der Waals surface area contributed by atoms with Gasteiger partial charge in [-0.25, -0.2) is 0 Å². The molecule has 6 heteroatoms. The smallest absolute Gasteiger partial charge is 0.222 e. The van der Waals surface area contributed by atoms with Crippen LogP contribution in [0.2, 0.25) is 0 Å². The number of fused-ring (bicyclic) bond motifs is 2. The highest BCUT2D eigenvalue weighted by Crippen LogP contribution is 2.48. The van der Waals surface area contributed by atoms with Crippen LogP contribution in [-0.2, 0) is 0 Å². The van der Waals surface area contributed by atoms with E-state index in [1.165, 1.54) is 36.4 Å². The SMILES string of the molecule is N#Cc1ccc2c(c1)C(=O)C1(C2=O)C(=O)c2cccc(N)c2C1=O. The van der Waals surface area contributed by atoms with E-state index in [2.05, 4.69) is 0 Å². The van der Waals surface area contributed by atoms with Gasteiger partial charge in [0.2, 0.25) is 5.41 Å². The van der Waals surface area contributed by atoms with Gasteiger partial charge in [0.15, 0.2) is 23.1 Å². The molecular weight excluding hydrogens is 308 g/mol. The molecule has 0 saturated carbocycles. The zero-order valence-corrected chi connectivity index (χ0v) is 12.1. The number of hydrogen-bond donors (Lipinski definition) is 1. The van der Waals surface area contributed by atoms with Gasteiger partial charge in [-0.1, -0.05) is 12.1 Å². The van der Waals surface area contributed by atoms with Gasteiger partial charge >= 0.3 is 0 Å². The third-order valence-electron chi connectivity index (χ3n) is 4.57. The van der Waals surface area contributed by atoms with Gasteiger partial charge in [-0.15, -0.1) is 0 Å². The molecule has 0 heterocycles. The van der Waals surface area contributed by atoms with E-state index in [4.69, 9.17) is 11.0 Å². The van der Waals surface area contributed by atoms with Crippen LogP contribution < -0.4 is 5.73 Å². The molecule has 4 rings (SSSR count). The normalized spacial score (nSPS) is 21.1. The van der Waals surface area contributed by atoms with Crippen LogP contribution in [0.3, 0.4) is 0 Å². The molecule has 24 heavy (non-hydrogen) atoms. The second-order valence-corrected chi connectivity index (χ2v) is 5.71. The van der Waals surface area contributed by atoms with Crippen LogP contribution in [0.4, 0.5) is 5.69 Å². The van der Waals surface area contributed by atoms with Gasteiger partial charge < -0.3 is 5.73 Å². The first-order valence-corrected chi connectivity index (χ1v) is 7.06. The Kier molecular flexibility index (Phi) is 2.48. The quantitative estimate of drug-likeness (QED) is 0.582. The second kappa shape index (κ2) is 4.24. The van der Waals surface area contributed by atoms with E-state index in [1.807, 2.05) is 6.07 Å². The summed E-state index contributed by atoms with van der Waals surface area (Å²) in [7, 11) is 0. The molecule has 0 saturated heterocycles. The van der Waals surface area contributed by atoms with Crippen LogP contribution in [0.5, 0.6) is 0 Å². The van der Waals surface area contributed by atoms with Crippen molar-refractivity contribution in [2.75, 3.05) is 5.73 Å². The van der Waals surface area contributed by atoms with E-state index < -0.39 is 28.5 Å². The van der Waals surface area contributed by atoms with E-state index in [1.54, 1.807) is 0 Å². The molecule has 0 aliphatic heterocycles. The number of Topliss-reactive ketones (excluding diaryl/α,β-unsaturated/α-hetero) is 4. The van der Waals surface area contributed by atoms with Crippen LogP contribution in [0.1, 0.15) is 47.0 Å². The monoisotopic (exact) mass is 316 g/mol. The highest BCUT2D eigenvalue weighted by Gasteiger charge is 2.67. The maximum Gasteiger partial charge on any atom is 0.222 e. The van der Waals surface area contributed by atoms with E-state index in [9.17, 15) is 19.2 Å². The Bertz CT molecular complexity index is 1060. The first kappa shape index (κ1) is 14.0. The number of carbonyl (C=O) groups is 4. The molecule has 2 N–H and O–H groups in total. The van der Waals surface area contributed by atoms with Crippen molar-refractivity contribution in [2.24, 2.45) is 5.41 Å². The molecule has 0 aromatic heterocycles. The molecule has 1 spiro atoms. The number of rotatable bonds is 0. The number of anilines is 1. The predicted octanol–water partition coefficient (Wildman–Crippen LogP) is 1.59. The van der Waals surface area contributed by atoms with Gasteiger partial charge in [0.05, 0.1) is 17.2 Å². The van der Waals surface area contributed by atoms with Crippen molar-refractivity contribution in [3.05, 3.63) is 64.2 Å². The molecule has 1 atom stereocenters. The Morgan fingerprint density at radius 3 is 2.17 bits per heavy atom. The summed E-state index contributed by atoms with van der Waals surface area (Å²) < 4.78 is 0. The largest absolute Gasteiger partial charge is 0.398 e. The van der Waals surface area contributed by atoms with Gasteiger partial charge in [-0.2, -0.15) is 5.26 Å². The molecule has 1 unspecified atom stereocenters. The average Bonchev–Trinajstić information content (AvgIpc) is 2.95. The zero-order valence-electron chi connectivity index (χ0n) is 12.1. The van der Waals surface area contributed by atoms with Gasteiger partial charge in [0, 0.05) is 22.4 Å². The van der Waals surface area contributed by atoms with Crippen molar-refractivity contribution < 1.29 is 19.2 Å². The Morgan fingerprint density at radius 1 is 0.833 bits per heavy atom. The molecule has 0 fully saturated rings. The summed E-state index contributed by atoms with van der Waals surface area (Å²) in [6.45, 7) is 0. The molecule has 2 aromatic rings. The number of nitriles is 1. The van der Waals surface area contributed by atoms with Crippen molar-refractivity contribution in [1.29, 1.82) is 5.26 Å². The third kappa shape index (κ3) is 1.30. The first-order valence-electron chi connectivity index (χ1n) is 7.06. The lowest BCUT2D eigenvalue weighted by Gasteiger charge is -2.15. The molecule has 2 aromatic carbocycles. The highest BCUT2D eigenvalue weighted by atomic mass is 16.2. The summed E-state index contributed by atoms with van der Waals surface area (Å²) in [5.41, 5.74) is 3.38. The van der Waals surface area contributed by atoms with Gasteiger partial charge in [0.1, 0.15) is 0 Å². The standard InChI is InChI=1S/C18H8N2O4/c19-7-8-4-5-9-11(6-8)16(23)18(14(9)21)15(22)10-2-1-3-12(20)13(10)17(18)24/h1-6H,20H2. The molecular formula is C18H8N2O4. The molecule has 0 amide bonds. The Hall–Kier alpha value is -3.59. The first-order chi connectivity index (χ1) is 11.4. The minimum absolute atomic E-state index is 0.0185. The summed E-state index contributed by atoms with van der Waals surface area (Å²) in [6, 6.07) is 10.1. The van der Waals surface area contributed by atoms with Crippen LogP contribution >= 0.6 is 0 Å². The fourth-order valence-corrected chi connectivity index (χ4v) is 3.42. The van der Waals surface area contributed by atoms with Gasteiger partial charge in [-0.05, 0) is 24.3 Å². The van der Waals surface area contributed by atoms with Crippen LogP contribution in [0.15, 0.2) is 36.4 Å². The number of hydrogen-bond acceptors (Lipinski definition) is 6. The number of ketones is 4. The lowest BCUT2D eigenvalue weighted by Crippen LogP contribution is -2.44. The molecule has 2 aliphatic carbocycles. The topological polar surface area (TPSA) is 118 Å². The summed E-state index contributed by atoms with van der Waals surface area (Å²) >= 11 is 0. The van der Waals surface area contributed by atoms with Crippen LogP contribution in [0, 0.1) is 16.7 Å². The minimum atomic E-state index is -2.42. The van der Waals surface area contributed by atoms with E-state index in [0.29, 0.717) is 0 Å². The lowest BCUT2D eigenvalue weighted by atomic mass is 9.78. The van der Waals surface area contributed by atoms with Crippen molar-refractivity contribution in [1.82, 2.24) is 0 Å². The second-order valence-electron chi connectivity index (χ2n) is 5.71. The summed E-state index contributed by atoms with van der Waals surface area (Å²) in [5.74, 6) is -3.47. The van der Waals surface area contributed by atoms with Crippen LogP contribution in [0.25, 0.3) is 0 Å². The summed E-state index contributed by atoms with van der Waals surface area (Å²) in [5, 5.41) is 8.96. The van der Waals surface area contributed by atoms with Crippen LogP contribution in [-0.4, -0.2) is 23.1 Å². The summed E-state index contributed by atoms with van der Waals surface area (Å²) in [6.07, 6.45) is 0. The molecule has 0 radical (unpaired) electrons. The van der Waals surface area contributed by atoms with Gasteiger partial charge in [-0.3, -0.25) is 19.2 Å². The van der Waals surface area contributed by atoms with E-state index >= 15 is 0 Å². The zero-order chi connectivity index (χ0) is 17.2. The number of carbonyl (C=O) groups excluding carboxylic acids is 4. The highest BCUT2D eigenvalue weighted by molar-refractivity contribution is 6.57. The van der Waals surface area contributed by atoms with E-state index in [-0.39, 0.29) is 33.5 Å². The lowest BCUT2D eigenvalue weighted by molar-refractivity contribution is 0.0587. The predicted molar refractivity (Wildman–Crippen MR) is 81.8 cm³/mol. The van der Waals surface area contributed by atoms with Crippen molar-refractivity contribution in [2.45, 2.75) is 0 Å². The van der Waals surface area contributed by atoms with Crippen molar-refractivity contribution in [3.8, 4) is 6.07 Å². The maximum atomic E-state index is 12.9. The van der Waals surface area contributed by atoms with Crippen molar-refractivity contribution in [3.63, 3.8) is 0 Å². The number of nitrogens with two attached hydrogens (primary N) is 1. The van der Waals surface area contributed by atoms with Crippen molar-refractivity contribution >= 4 is 28.8 Å². The Balaban J connectivity index is 2.02. The minimum Gasteiger partial charge on any atom is -0.398 e. The average molecular weight is 316 g/mol. The molecule has 114 valence electrons. The molecule has 2 aliphatic rings. The summed E-state index contributed by atoms with van der Waals surface area (Å²) in [4.78, 5) is 51.5.